The molecule has 0 rings (SSSR count). The van der Waals surface area contributed by atoms with Crippen LogP contribution >= 0.6 is 15.9 Å². The van der Waals surface area contributed by atoms with E-state index in [2.05, 4.69) is 15.9 Å². The minimum Gasteiger partial charge on any atom is -0.241 e. The molecule has 0 aliphatic heterocycles. The molecule has 9 heavy (non-hydrogen) atoms. The average Bonchev–Trinajstić information content (AvgIpc) is 1.63. The second kappa shape index (κ2) is 4.14. The SMILES string of the molecule is CC(Br)CC(F)[C](F)F. The minimum absolute atomic E-state index is 0.164. The van der Waals surface area contributed by atoms with Crippen molar-refractivity contribution < 1.29 is 13.2 Å². The van der Waals surface area contributed by atoms with E-state index in [1.54, 1.807) is 6.92 Å². The fourth-order valence-electron chi connectivity index (χ4n) is 0.374. The van der Waals surface area contributed by atoms with Gasteiger partial charge in [-0.1, -0.05) is 22.9 Å². The lowest BCUT2D eigenvalue weighted by Gasteiger charge is -2.05. The van der Waals surface area contributed by atoms with Crippen molar-refractivity contribution >= 4 is 15.9 Å². The van der Waals surface area contributed by atoms with Gasteiger partial charge in [0.15, 0.2) is 6.17 Å². The van der Waals surface area contributed by atoms with Gasteiger partial charge in [-0.3, -0.25) is 0 Å². The molecule has 2 unspecified atom stereocenters. The van der Waals surface area contributed by atoms with Crippen LogP contribution in [0.15, 0.2) is 0 Å². The Kier molecular flexibility index (Phi) is 4.27. The van der Waals surface area contributed by atoms with Crippen LogP contribution < -0.4 is 0 Å². The summed E-state index contributed by atoms with van der Waals surface area (Å²) in [5, 5.41) is 0. The summed E-state index contributed by atoms with van der Waals surface area (Å²) < 4.78 is 34.6. The normalized spacial score (nSPS) is 18.0. The fourth-order valence-corrected chi connectivity index (χ4v) is 0.702. The molecule has 0 nitrogen and oxygen atoms in total. The quantitative estimate of drug-likeness (QED) is 0.620. The largest absolute Gasteiger partial charge is 0.343 e. The van der Waals surface area contributed by atoms with Crippen molar-refractivity contribution in [1.82, 2.24) is 0 Å². The molecule has 1 radical (unpaired) electrons. The molecule has 0 amide bonds. The zero-order valence-electron chi connectivity index (χ0n) is 4.87. The van der Waals surface area contributed by atoms with Gasteiger partial charge in [-0.2, -0.15) is 8.78 Å². The lowest BCUT2D eigenvalue weighted by atomic mass is 10.2. The molecule has 0 aliphatic rings. The van der Waals surface area contributed by atoms with Crippen molar-refractivity contribution in [2.24, 2.45) is 0 Å². The van der Waals surface area contributed by atoms with Gasteiger partial charge >= 0.3 is 6.43 Å². The molecule has 0 aromatic heterocycles. The van der Waals surface area contributed by atoms with Crippen LogP contribution in [-0.4, -0.2) is 11.0 Å². The standard InChI is InChI=1S/C5H7BrF3/c1-3(6)2-4(7)5(8)9/h3-4H,2H2,1H3. The van der Waals surface area contributed by atoms with Gasteiger partial charge in [0.05, 0.1) is 0 Å². The van der Waals surface area contributed by atoms with Crippen LogP contribution in [0.25, 0.3) is 0 Å². The minimum atomic E-state index is -2.14. The number of hydrogen-bond donors (Lipinski definition) is 0. The summed E-state index contributed by atoms with van der Waals surface area (Å²) in [6.07, 6.45) is -4.37. The first-order chi connectivity index (χ1) is 4.04. The van der Waals surface area contributed by atoms with Crippen LogP contribution in [-0.2, 0) is 0 Å². The Morgan fingerprint density at radius 1 is 1.56 bits per heavy atom. The van der Waals surface area contributed by atoms with Crippen molar-refractivity contribution in [2.45, 2.75) is 24.3 Å². The van der Waals surface area contributed by atoms with E-state index in [1.165, 1.54) is 0 Å². The number of hydrogen-bond acceptors (Lipinski definition) is 0. The highest BCUT2D eigenvalue weighted by Crippen LogP contribution is 2.20. The van der Waals surface area contributed by atoms with Gasteiger partial charge in [0.1, 0.15) is 0 Å². The first-order valence-electron chi connectivity index (χ1n) is 2.50. The Morgan fingerprint density at radius 2 is 2.00 bits per heavy atom. The van der Waals surface area contributed by atoms with Crippen LogP contribution in [0.4, 0.5) is 13.2 Å². The van der Waals surface area contributed by atoms with Crippen LogP contribution in [0.3, 0.4) is 0 Å². The average molecular weight is 204 g/mol. The van der Waals surface area contributed by atoms with Gasteiger partial charge in [-0.05, 0) is 6.42 Å². The smallest absolute Gasteiger partial charge is 0.241 e. The molecule has 0 bridgehead atoms. The van der Waals surface area contributed by atoms with E-state index in [-0.39, 0.29) is 11.2 Å². The molecule has 55 valence electrons. The molecule has 0 saturated carbocycles. The van der Waals surface area contributed by atoms with Gasteiger partial charge in [0, 0.05) is 4.83 Å². The number of alkyl halides is 2. The van der Waals surface area contributed by atoms with E-state index in [1.807, 2.05) is 0 Å². The number of halogens is 4. The van der Waals surface area contributed by atoms with E-state index < -0.39 is 12.6 Å². The maximum atomic E-state index is 12.0. The van der Waals surface area contributed by atoms with E-state index in [0.717, 1.165) is 0 Å². The van der Waals surface area contributed by atoms with Gasteiger partial charge in [0.2, 0.25) is 0 Å². The summed E-state index contributed by atoms with van der Waals surface area (Å²) in [5.74, 6) is 0. The predicted octanol–water partition coefficient (Wildman–Crippen LogP) is 2.93. The van der Waals surface area contributed by atoms with Crippen LogP contribution in [0.5, 0.6) is 0 Å². The van der Waals surface area contributed by atoms with Crippen molar-refractivity contribution in [1.29, 1.82) is 0 Å². The highest BCUT2D eigenvalue weighted by atomic mass is 79.9. The van der Waals surface area contributed by atoms with Gasteiger partial charge in [-0.25, -0.2) is 4.39 Å². The Balaban J connectivity index is 3.38. The summed E-state index contributed by atoms with van der Waals surface area (Å²) in [6, 6.07) is 0. The molecular formula is C5H7BrF3. The van der Waals surface area contributed by atoms with Gasteiger partial charge < -0.3 is 0 Å². The molecule has 0 heterocycles. The summed E-state index contributed by atoms with van der Waals surface area (Å²) in [7, 11) is 0. The lowest BCUT2D eigenvalue weighted by Crippen LogP contribution is -2.09. The zero-order valence-corrected chi connectivity index (χ0v) is 6.46. The molecule has 4 heteroatoms. The Bertz CT molecular complexity index is 74.6. The molecule has 0 fully saturated rings. The van der Waals surface area contributed by atoms with E-state index in [0.29, 0.717) is 0 Å². The summed E-state index contributed by atoms with van der Waals surface area (Å²) in [4.78, 5) is -0.200. The monoisotopic (exact) mass is 203 g/mol. The highest BCUT2D eigenvalue weighted by molar-refractivity contribution is 9.09. The highest BCUT2D eigenvalue weighted by Gasteiger charge is 2.22. The van der Waals surface area contributed by atoms with E-state index >= 15 is 0 Å². The van der Waals surface area contributed by atoms with Crippen LogP contribution in [0.2, 0.25) is 0 Å². The number of rotatable bonds is 3. The first kappa shape index (κ1) is 9.27. The molecule has 0 spiro atoms. The molecule has 2 atom stereocenters. The summed E-state index contributed by atoms with van der Waals surface area (Å²) in [6.45, 7) is 1.62. The van der Waals surface area contributed by atoms with Gasteiger partial charge in [0.25, 0.3) is 0 Å². The second-order valence-electron chi connectivity index (χ2n) is 1.77. The van der Waals surface area contributed by atoms with Gasteiger partial charge in [-0.15, -0.1) is 0 Å². The molecule has 0 aromatic rings. The molecule has 0 saturated heterocycles. The van der Waals surface area contributed by atoms with Crippen molar-refractivity contribution in [3.63, 3.8) is 0 Å². The lowest BCUT2D eigenvalue weighted by molar-refractivity contribution is 0.152. The zero-order chi connectivity index (χ0) is 7.44. The third-order valence-electron chi connectivity index (χ3n) is 0.769. The Morgan fingerprint density at radius 3 is 2.11 bits per heavy atom. The fraction of sp³-hybridized carbons (Fsp3) is 0.800. The summed E-state index contributed by atoms with van der Waals surface area (Å²) in [5.41, 5.74) is 0. The maximum Gasteiger partial charge on any atom is 0.343 e. The predicted molar refractivity (Wildman–Crippen MR) is 33.4 cm³/mol. The van der Waals surface area contributed by atoms with Crippen LogP contribution in [0, 0.1) is 6.43 Å². The molecule has 0 aliphatic carbocycles. The molecule has 0 aromatic carbocycles. The Labute approximate surface area is 60.6 Å². The molecular weight excluding hydrogens is 197 g/mol. The first-order valence-corrected chi connectivity index (χ1v) is 3.41. The van der Waals surface area contributed by atoms with Crippen molar-refractivity contribution in [3.8, 4) is 0 Å². The Hall–Kier alpha value is 0.270. The van der Waals surface area contributed by atoms with Crippen molar-refractivity contribution in [3.05, 3.63) is 6.43 Å². The molecule has 0 N–H and O–H groups in total. The third-order valence-corrected chi connectivity index (χ3v) is 1.14. The van der Waals surface area contributed by atoms with Crippen molar-refractivity contribution in [2.75, 3.05) is 0 Å². The van der Waals surface area contributed by atoms with E-state index in [9.17, 15) is 13.2 Å². The third kappa shape index (κ3) is 4.75. The van der Waals surface area contributed by atoms with Crippen LogP contribution in [0.1, 0.15) is 13.3 Å². The topological polar surface area (TPSA) is 0 Å². The second-order valence-corrected chi connectivity index (χ2v) is 3.34. The van der Waals surface area contributed by atoms with E-state index in [4.69, 9.17) is 0 Å². The summed E-state index contributed by atoms with van der Waals surface area (Å²) >= 11 is 2.96. The maximum absolute atomic E-state index is 12.0.